The number of hydrogen-bond donors (Lipinski definition) is 5. The second-order valence-electron chi connectivity index (χ2n) is 14.3. The molecule has 288 valence electrons. The van der Waals surface area contributed by atoms with Gasteiger partial charge in [-0.05, 0) is 57.8 Å². The fraction of sp³-hybridized carbons (Fsp3) is 0.837. The lowest BCUT2D eigenvalue weighted by Gasteiger charge is -2.27. The van der Waals surface area contributed by atoms with Gasteiger partial charge < -0.3 is 25.7 Å². The fourth-order valence-electron chi connectivity index (χ4n) is 6.21. The van der Waals surface area contributed by atoms with E-state index in [2.05, 4.69) is 55.6 Å². The number of amides is 1. The quantitative estimate of drug-likeness (QED) is 0.0329. The van der Waals surface area contributed by atoms with Crippen molar-refractivity contribution < 1.29 is 25.2 Å². The van der Waals surface area contributed by atoms with Crippen LogP contribution in [0.5, 0.6) is 0 Å². The maximum absolute atomic E-state index is 12.5. The summed E-state index contributed by atoms with van der Waals surface area (Å²) < 4.78 is 0. The maximum Gasteiger partial charge on any atom is 0.249 e. The molecule has 0 spiro atoms. The number of allylic oxidation sites excluding steroid dienone is 6. The van der Waals surface area contributed by atoms with Crippen molar-refractivity contribution in [3.05, 3.63) is 36.5 Å². The summed E-state index contributed by atoms with van der Waals surface area (Å²) in [6, 6.07) is -1.01. The maximum atomic E-state index is 12.5. The molecule has 0 aromatic carbocycles. The number of nitrogens with one attached hydrogen (secondary N) is 1. The minimum absolute atomic E-state index is 0.361. The molecule has 49 heavy (non-hydrogen) atoms. The molecule has 0 heterocycles. The first-order chi connectivity index (χ1) is 24.0. The van der Waals surface area contributed by atoms with Crippen LogP contribution >= 0.6 is 0 Å². The van der Waals surface area contributed by atoms with Crippen LogP contribution < -0.4 is 5.32 Å². The van der Waals surface area contributed by atoms with Crippen LogP contribution in [-0.2, 0) is 4.79 Å². The van der Waals surface area contributed by atoms with Gasteiger partial charge in [0.25, 0.3) is 0 Å². The highest BCUT2D eigenvalue weighted by Crippen LogP contribution is 2.16. The van der Waals surface area contributed by atoms with Crippen molar-refractivity contribution >= 4 is 5.91 Å². The number of hydrogen-bond acceptors (Lipinski definition) is 5. The van der Waals surface area contributed by atoms with E-state index in [0.717, 1.165) is 57.8 Å². The van der Waals surface area contributed by atoms with E-state index in [0.29, 0.717) is 19.3 Å². The van der Waals surface area contributed by atoms with E-state index < -0.39 is 36.9 Å². The number of carbonyl (C=O) groups is 1. The lowest BCUT2D eigenvalue weighted by Crippen LogP contribution is -2.53. The summed E-state index contributed by atoms with van der Waals surface area (Å²) in [5, 5.41) is 43.5. The molecular formula is C43H81NO5. The van der Waals surface area contributed by atoms with Gasteiger partial charge in [-0.25, -0.2) is 0 Å². The van der Waals surface area contributed by atoms with Crippen molar-refractivity contribution in [3.8, 4) is 0 Å². The van der Waals surface area contributed by atoms with Crippen molar-refractivity contribution in [3.63, 3.8) is 0 Å². The molecule has 4 atom stereocenters. The molecule has 0 aliphatic carbocycles. The van der Waals surface area contributed by atoms with E-state index in [1.54, 1.807) is 0 Å². The van der Waals surface area contributed by atoms with Crippen LogP contribution in [0.1, 0.15) is 200 Å². The minimum atomic E-state index is -1.29. The van der Waals surface area contributed by atoms with Gasteiger partial charge in [-0.2, -0.15) is 0 Å². The zero-order chi connectivity index (χ0) is 36.0. The number of aliphatic hydroxyl groups is 4. The highest BCUT2D eigenvalue weighted by molar-refractivity contribution is 5.80. The Kier molecular flexibility index (Phi) is 36.6. The Morgan fingerprint density at radius 2 is 0.878 bits per heavy atom. The summed E-state index contributed by atoms with van der Waals surface area (Å²) >= 11 is 0. The molecule has 0 aliphatic rings. The molecule has 1 amide bonds. The van der Waals surface area contributed by atoms with Crippen molar-refractivity contribution in [2.75, 3.05) is 6.61 Å². The molecule has 0 bridgehead atoms. The van der Waals surface area contributed by atoms with Gasteiger partial charge in [-0.15, -0.1) is 0 Å². The van der Waals surface area contributed by atoms with E-state index >= 15 is 0 Å². The van der Waals surface area contributed by atoms with Crippen LogP contribution in [-0.4, -0.2) is 57.3 Å². The third-order valence-corrected chi connectivity index (χ3v) is 9.54. The fourth-order valence-corrected chi connectivity index (χ4v) is 6.21. The first-order valence-electron chi connectivity index (χ1n) is 20.9. The van der Waals surface area contributed by atoms with E-state index in [4.69, 9.17) is 0 Å². The average molecular weight is 692 g/mol. The van der Waals surface area contributed by atoms with Crippen molar-refractivity contribution in [1.82, 2.24) is 5.32 Å². The van der Waals surface area contributed by atoms with Gasteiger partial charge in [0, 0.05) is 0 Å². The lowest BCUT2D eigenvalue weighted by molar-refractivity contribution is -0.132. The van der Waals surface area contributed by atoms with E-state index in [1.807, 2.05) is 0 Å². The Morgan fingerprint density at radius 3 is 1.29 bits per heavy atom. The van der Waals surface area contributed by atoms with Gasteiger partial charge in [0.1, 0.15) is 12.2 Å². The third kappa shape index (κ3) is 32.2. The molecule has 0 aromatic rings. The van der Waals surface area contributed by atoms with Crippen LogP contribution in [0.15, 0.2) is 36.5 Å². The molecule has 0 fully saturated rings. The molecule has 5 N–H and O–H groups in total. The predicted octanol–water partition coefficient (Wildman–Crippen LogP) is 10.6. The molecule has 6 heteroatoms. The predicted molar refractivity (Wildman–Crippen MR) is 210 cm³/mol. The van der Waals surface area contributed by atoms with Gasteiger partial charge in [0.2, 0.25) is 5.91 Å². The van der Waals surface area contributed by atoms with Crippen LogP contribution in [0.4, 0.5) is 0 Å². The van der Waals surface area contributed by atoms with Gasteiger partial charge in [0.15, 0.2) is 0 Å². The van der Waals surface area contributed by atoms with Crippen LogP contribution in [0.2, 0.25) is 0 Å². The highest BCUT2D eigenvalue weighted by atomic mass is 16.3. The van der Waals surface area contributed by atoms with E-state index in [-0.39, 0.29) is 0 Å². The largest absolute Gasteiger partial charge is 0.394 e. The standard InChI is InChI=1S/C43H81NO5/c1-3-5-7-9-11-13-15-17-19-20-21-22-23-25-27-29-31-33-35-37-41(47)43(49)44-39(38-45)42(48)40(46)36-34-32-30-28-26-24-18-16-14-12-10-8-6-4-2/h8,10,16,18,28,30,39-42,45-48H,3-7,9,11-15,17,19-27,29,31-38H2,1-2H3,(H,44,49)/b10-8+,18-16+,30-28+. The Morgan fingerprint density at radius 1 is 0.490 bits per heavy atom. The van der Waals surface area contributed by atoms with Gasteiger partial charge in [0.05, 0.1) is 18.8 Å². The van der Waals surface area contributed by atoms with Gasteiger partial charge in [-0.1, -0.05) is 179 Å². The number of carbonyl (C=O) groups excluding carboxylic acids is 1. The SMILES string of the molecule is CCC/C=C/CC/C=C/CC/C=C/CCCC(O)C(O)C(CO)NC(=O)C(O)CCCCCCCCCCCCCCCCCCCCC. The molecule has 0 saturated carbocycles. The molecule has 4 unspecified atom stereocenters. The van der Waals surface area contributed by atoms with Gasteiger partial charge >= 0.3 is 0 Å². The molecule has 0 aromatic heterocycles. The zero-order valence-electron chi connectivity index (χ0n) is 32.2. The van der Waals surface area contributed by atoms with Gasteiger partial charge in [-0.3, -0.25) is 4.79 Å². The van der Waals surface area contributed by atoms with Crippen LogP contribution in [0.3, 0.4) is 0 Å². The highest BCUT2D eigenvalue weighted by Gasteiger charge is 2.28. The number of rotatable bonds is 37. The summed E-state index contributed by atoms with van der Waals surface area (Å²) in [6.07, 6.45) is 43.1. The smallest absolute Gasteiger partial charge is 0.249 e. The molecule has 0 radical (unpaired) electrons. The Hall–Kier alpha value is -1.47. The normalized spacial score (nSPS) is 14.7. The number of unbranched alkanes of at least 4 members (excludes halogenated alkanes) is 22. The topological polar surface area (TPSA) is 110 Å². The van der Waals surface area contributed by atoms with Crippen LogP contribution in [0.25, 0.3) is 0 Å². The summed E-state index contributed by atoms with van der Waals surface area (Å²) in [5.74, 6) is -0.599. The zero-order valence-corrected chi connectivity index (χ0v) is 32.2. The second kappa shape index (κ2) is 37.8. The van der Waals surface area contributed by atoms with Crippen molar-refractivity contribution in [2.24, 2.45) is 0 Å². The molecule has 6 nitrogen and oxygen atoms in total. The molecule has 0 rings (SSSR count). The second-order valence-corrected chi connectivity index (χ2v) is 14.3. The Bertz CT molecular complexity index is 782. The molecule has 0 saturated heterocycles. The van der Waals surface area contributed by atoms with E-state index in [1.165, 1.54) is 109 Å². The summed E-state index contributed by atoms with van der Waals surface area (Å²) in [4.78, 5) is 12.5. The summed E-state index contributed by atoms with van der Waals surface area (Å²) in [5.41, 5.74) is 0. The Labute approximate surface area is 303 Å². The summed E-state index contributed by atoms with van der Waals surface area (Å²) in [6.45, 7) is 3.96. The first kappa shape index (κ1) is 47.5. The summed E-state index contributed by atoms with van der Waals surface area (Å²) in [7, 11) is 0. The van der Waals surface area contributed by atoms with Crippen molar-refractivity contribution in [2.45, 2.75) is 224 Å². The first-order valence-corrected chi connectivity index (χ1v) is 20.9. The number of aliphatic hydroxyl groups excluding tert-OH is 4. The monoisotopic (exact) mass is 692 g/mol. The van der Waals surface area contributed by atoms with Crippen LogP contribution in [0, 0.1) is 0 Å². The average Bonchev–Trinajstić information content (AvgIpc) is 3.11. The third-order valence-electron chi connectivity index (χ3n) is 9.54. The molecular weight excluding hydrogens is 610 g/mol. The Balaban J connectivity index is 3.79. The minimum Gasteiger partial charge on any atom is -0.394 e. The van der Waals surface area contributed by atoms with Crippen molar-refractivity contribution in [1.29, 1.82) is 0 Å². The van der Waals surface area contributed by atoms with E-state index in [9.17, 15) is 25.2 Å². The lowest BCUT2D eigenvalue weighted by atomic mass is 10.00. The molecule has 0 aliphatic heterocycles.